The molecule has 0 saturated heterocycles. The number of anilines is 1. The number of hydrogen-bond donors (Lipinski definition) is 3. The second kappa shape index (κ2) is 7.17. The van der Waals surface area contributed by atoms with Crippen LogP contribution in [0.3, 0.4) is 0 Å². The van der Waals surface area contributed by atoms with Gasteiger partial charge in [-0.1, -0.05) is 0 Å². The quantitative estimate of drug-likeness (QED) is 0.738. The van der Waals surface area contributed by atoms with Crippen LogP contribution in [0.4, 0.5) is 10.6 Å². The number of fused-ring (bicyclic) bond motifs is 1. The zero-order valence-electron chi connectivity index (χ0n) is 13.6. The van der Waals surface area contributed by atoms with Crippen LogP contribution in [0.15, 0.2) is 18.6 Å². The van der Waals surface area contributed by atoms with Crippen molar-refractivity contribution in [2.24, 2.45) is 0 Å². The van der Waals surface area contributed by atoms with Crippen molar-refractivity contribution in [1.82, 2.24) is 25.6 Å². The summed E-state index contributed by atoms with van der Waals surface area (Å²) in [6.45, 7) is 0.0320. The highest BCUT2D eigenvalue weighted by Crippen LogP contribution is 2.28. The lowest BCUT2D eigenvalue weighted by Gasteiger charge is -2.35. The van der Waals surface area contributed by atoms with Gasteiger partial charge in [0.1, 0.15) is 24.3 Å². The van der Waals surface area contributed by atoms with Crippen LogP contribution < -0.4 is 15.5 Å². The summed E-state index contributed by atoms with van der Waals surface area (Å²) in [6.07, 6.45) is 7.24. The fraction of sp³-hybridized carbons (Fsp3) is 0.500. The van der Waals surface area contributed by atoms with Gasteiger partial charge in [-0.05, 0) is 31.7 Å². The summed E-state index contributed by atoms with van der Waals surface area (Å²) in [5, 5.41) is 14.9. The first-order valence-corrected chi connectivity index (χ1v) is 8.11. The number of nitriles is 1. The van der Waals surface area contributed by atoms with E-state index in [0.29, 0.717) is 6.04 Å². The van der Waals surface area contributed by atoms with Crippen molar-refractivity contribution in [1.29, 1.82) is 5.26 Å². The van der Waals surface area contributed by atoms with Gasteiger partial charge in [0.05, 0.1) is 11.5 Å². The normalized spacial score (nSPS) is 20.3. The lowest BCUT2D eigenvalue weighted by molar-refractivity contribution is 0.232. The SMILES string of the molecule is CN(c1ncnc2[nH]ccc12)C1CCC(NC(=O)NCC#N)CC1. The number of amides is 2. The van der Waals surface area contributed by atoms with Gasteiger partial charge in [0.15, 0.2) is 0 Å². The van der Waals surface area contributed by atoms with Crippen LogP contribution in [0.5, 0.6) is 0 Å². The molecule has 0 aromatic carbocycles. The third kappa shape index (κ3) is 3.40. The van der Waals surface area contributed by atoms with Gasteiger partial charge in [-0.3, -0.25) is 0 Å². The molecule has 3 N–H and O–H groups in total. The smallest absolute Gasteiger partial charge is 0.315 e. The van der Waals surface area contributed by atoms with E-state index in [1.165, 1.54) is 0 Å². The molecule has 0 atom stereocenters. The van der Waals surface area contributed by atoms with Crippen LogP contribution in [0.25, 0.3) is 11.0 Å². The molecule has 8 heteroatoms. The number of aromatic amines is 1. The van der Waals surface area contributed by atoms with E-state index in [0.717, 1.165) is 42.5 Å². The molecule has 3 rings (SSSR count). The Bertz CT molecular complexity index is 742. The molecule has 8 nitrogen and oxygen atoms in total. The Morgan fingerprint density at radius 3 is 2.96 bits per heavy atom. The number of hydrogen-bond acceptors (Lipinski definition) is 5. The summed E-state index contributed by atoms with van der Waals surface area (Å²) in [5.74, 6) is 0.935. The molecule has 0 unspecified atom stereocenters. The van der Waals surface area contributed by atoms with Crippen molar-refractivity contribution in [3.63, 3.8) is 0 Å². The highest BCUT2D eigenvalue weighted by atomic mass is 16.2. The largest absolute Gasteiger partial charge is 0.356 e. The summed E-state index contributed by atoms with van der Waals surface area (Å²) in [7, 11) is 2.06. The number of nitrogens with zero attached hydrogens (tertiary/aromatic N) is 4. The van der Waals surface area contributed by atoms with E-state index >= 15 is 0 Å². The van der Waals surface area contributed by atoms with Crippen molar-refractivity contribution in [2.45, 2.75) is 37.8 Å². The van der Waals surface area contributed by atoms with E-state index < -0.39 is 0 Å². The Kier molecular flexibility index (Phi) is 4.79. The van der Waals surface area contributed by atoms with Crippen LogP contribution >= 0.6 is 0 Å². The van der Waals surface area contributed by atoms with E-state index in [1.807, 2.05) is 18.3 Å². The fourth-order valence-electron chi connectivity index (χ4n) is 3.28. The van der Waals surface area contributed by atoms with E-state index in [1.54, 1.807) is 6.33 Å². The number of rotatable bonds is 4. The second-order valence-electron chi connectivity index (χ2n) is 6.04. The van der Waals surface area contributed by atoms with Gasteiger partial charge < -0.3 is 20.5 Å². The summed E-state index contributed by atoms with van der Waals surface area (Å²) in [6, 6.07) is 4.17. The van der Waals surface area contributed by atoms with Crippen LogP contribution in [-0.2, 0) is 0 Å². The standard InChI is InChI=1S/C16H21N7O/c1-23(15-13-6-8-18-14(13)20-10-21-15)12-4-2-11(3-5-12)22-16(24)19-9-7-17/h6,8,10-12H,2-5,9H2,1H3,(H,18,20,21)(H2,19,22,24). The minimum Gasteiger partial charge on any atom is -0.356 e. The molecular formula is C16H21N7O. The molecule has 2 amide bonds. The second-order valence-corrected chi connectivity index (χ2v) is 6.04. The molecule has 126 valence electrons. The molecule has 2 aromatic heterocycles. The minimum absolute atomic E-state index is 0.0320. The van der Waals surface area contributed by atoms with Gasteiger partial charge in [-0.2, -0.15) is 5.26 Å². The molecule has 2 aromatic rings. The number of carbonyl (C=O) groups is 1. The summed E-state index contributed by atoms with van der Waals surface area (Å²) >= 11 is 0. The lowest BCUT2D eigenvalue weighted by Crippen LogP contribution is -2.46. The number of nitrogens with one attached hydrogen (secondary N) is 3. The van der Waals surface area contributed by atoms with E-state index in [4.69, 9.17) is 5.26 Å². The van der Waals surface area contributed by atoms with E-state index in [2.05, 4.69) is 37.5 Å². The predicted octanol–water partition coefficient (Wildman–Crippen LogP) is 1.53. The Hall–Kier alpha value is -2.82. The molecule has 0 bridgehead atoms. The Morgan fingerprint density at radius 1 is 1.42 bits per heavy atom. The number of carbonyl (C=O) groups excluding carboxylic acids is 1. The van der Waals surface area contributed by atoms with Gasteiger partial charge in [-0.15, -0.1) is 0 Å². The van der Waals surface area contributed by atoms with Crippen molar-refractivity contribution in [2.75, 3.05) is 18.5 Å². The molecule has 1 aliphatic rings. The minimum atomic E-state index is -0.266. The topological polar surface area (TPSA) is 110 Å². The average Bonchev–Trinajstić information content (AvgIpc) is 3.08. The Morgan fingerprint density at radius 2 is 2.21 bits per heavy atom. The van der Waals surface area contributed by atoms with Crippen LogP contribution in [0, 0.1) is 11.3 Å². The maximum absolute atomic E-state index is 11.6. The number of aromatic nitrogens is 3. The van der Waals surface area contributed by atoms with Crippen LogP contribution in [0.1, 0.15) is 25.7 Å². The summed E-state index contributed by atoms with van der Waals surface area (Å²) in [4.78, 5) is 25.6. The molecule has 24 heavy (non-hydrogen) atoms. The first-order chi connectivity index (χ1) is 11.7. The average molecular weight is 327 g/mol. The van der Waals surface area contributed by atoms with E-state index in [-0.39, 0.29) is 18.6 Å². The van der Waals surface area contributed by atoms with Crippen LogP contribution in [0.2, 0.25) is 0 Å². The van der Waals surface area contributed by atoms with Crippen molar-refractivity contribution < 1.29 is 4.79 Å². The van der Waals surface area contributed by atoms with Crippen molar-refractivity contribution in [3.8, 4) is 6.07 Å². The van der Waals surface area contributed by atoms with Gasteiger partial charge in [0.25, 0.3) is 0 Å². The van der Waals surface area contributed by atoms with Crippen molar-refractivity contribution in [3.05, 3.63) is 18.6 Å². The van der Waals surface area contributed by atoms with Gasteiger partial charge in [0, 0.05) is 25.3 Å². The Balaban J connectivity index is 1.57. The predicted molar refractivity (Wildman–Crippen MR) is 90.5 cm³/mol. The Labute approximate surface area is 140 Å². The summed E-state index contributed by atoms with van der Waals surface area (Å²) in [5.41, 5.74) is 0.844. The molecule has 0 spiro atoms. The van der Waals surface area contributed by atoms with Gasteiger partial charge in [-0.25, -0.2) is 14.8 Å². The maximum Gasteiger partial charge on any atom is 0.315 e. The summed E-state index contributed by atoms with van der Waals surface area (Å²) < 4.78 is 0. The highest BCUT2D eigenvalue weighted by Gasteiger charge is 2.26. The highest BCUT2D eigenvalue weighted by molar-refractivity contribution is 5.87. The first kappa shape index (κ1) is 16.1. The molecule has 0 radical (unpaired) electrons. The molecular weight excluding hydrogens is 306 g/mol. The fourth-order valence-corrected chi connectivity index (χ4v) is 3.28. The third-order valence-electron chi connectivity index (χ3n) is 4.57. The molecule has 1 saturated carbocycles. The number of urea groups is 1. The first-order valence-electron chi connectivity index (χ1n) is 8.11. The van der Waals surface area contributed by atoms with Crippen LogP contribution in [-0.4, -0.2) is 46.7 Å². The van der Waals surface area contributed by atoms with Crippen molar-refractivity contribution >= 4 is 22.9 Å². The van der Waals surface area contributed by atoms with Gasteiger partial charge >= 0.3 is 6.03 Å². The van der Waals surface area contributed by atoms with Gasteiger partial charge in [0.2, 0.25) is 0 Å². The third-order valence-corrected chi connectivity index (χ3v) is 4.57. The zero-order chi connectivity index (χ0) is 16.9. The monoisotopic (exact) mass is 327 g/mol. The lowest BCUT2D eigenvalue weighted by atomic mass is 9.90. The molecule has 0 aliphatic heterocycles. The molecule has 2 heterocycles. The maximum atomic E-state index is 11.6. The zero-order valence-corrected chi connectivity index (χ0v) is 13.6. The van der Waals surface area contributed by atoms with E-state index in [9.17, 15) is 4.79 Å². The molecule has 1 aliphatic carbocycles. The number of H-pyrrole nitrogens is 1. The molecule has 1 fully saturated rings.